The first-order valence-corrected chi connectivity index (χ1v) is 6.34. The van der Waals surface area contributed by atoms with Crippen molar-refractivity contribution in [2.45, 2.75) is 30.6 Å². The van der Waals surface area contributed by atoms with Crippen LogP contribution in [-0.4, -0.2) is 10.9 Å². The zero-order valence-corrected chi connectivity index (χ0v) is 9.80. The van der Waals surface area contributed by atoms with E-state index in [9.17, 15) is 0 Å². The van der Waals surface area contributed by atoms with Crippen LogP contribution < -0.4 is 0 Å². The molecule has 15 heavy (non-hydrogen) atoms. The van der Waals surface area contributed by atoms with E-state index in [4.69, 9.17) is 5.11 Å². The number of benzene rings is 1. The van der Waals surface area contributed by atoms with Crippen molar-refractivity contribution in [2.75, 3.05) is 5.75 Å². The summed E-state index contributed by atoms with van der Waals surface area (Å²) in [5.74, 6) is 1.49. The zero-order valence-electron chi connectivity index (χ0n) is 8.98. The predicted octanol–water partition coefficient (Wildman–Crippen LogP) is 4.23. The summed E-state index contributed by atoms with van der Waals surface area (Å²) in [4.78, 5) is 1.23. The van der Waals surface area contributed by atoms with Crippen molar-refractivity contribution in [3.05, 3.63) is 36.9 Å². The molecule has 0 saturated heterocycles. The average molecular weight is 222 g/mol. The maximum atomic E-state index is 9.11. The van der Waals surface area contributed by atoms with Crippen LogP contribution in [0.4, 0.5) is 0 Å². The molecule has 0 atom stereocenters. The van der Waals surface area contributed by atoms with Crippen molar-refractivity contribution in [1.82, 2.24) is 0 Å². The number of hydrogen-bond donors (Lipinski definition) is 1. The van der Waals surface area contributed by atoms with Crippen LogP contribution in [0.15, 0.2) is 41.8 Å². The third-order valence-electron chi connectivity index (χ3n) is 2.16. The fourth-order valence-corrected chi connectivity index (χ4v) is 2.21. The Balaban J connectivity index is 2.09. The number of thioether (sulfide) groups is 1. The summed E-state index contributed by atoms with van der Waals surface area (Å²) in [6, 6.07) is 7.40. The third kappa shape index (κ3) is 5.53. The Morgan fingerprint density at radius 2 is 1.87 bits per heavy atom. The predicted molar refractivity (Wildman–Crippen MR) is 67.5 cm³/mol. The first-order valence-electron chi connectivity index (χ1n) is 5.35. The highest BCUT2D eigenvalue weighted by atomic mass is 32.2. The highest BCUT2D eigenvalue weighted by molar-refractivity contribution is 7.99. The Morgan fingerprint density at radius 1 is 1.13 bits per heavy atom. The Bertz CT molecular complexity index is 279. The second kappa shape index (κ2) is 7.41. The fraction of sp³-hybridized carbons (Fsp3) is 0.385. The van der Waals surface area contributed by atoms with Gasteiger partial charge in [-0.3, -0.25) is 0 Å². The van der Waals surface area contributed by atoms with Crippen LogP contribution in [0.2, 0.25) is 0 Å². The molecule has 0 bridgehead atoms. The average Bonchev–Trinajstić information content (AvgIpc) is 2.26. The number of rotatable bonds is 7. The van der Waals surface area contributed by atoms with Crippen LogP contribution in [0, 0.1) is 0 Å². The molecule has 2 heteroatoms. The van der Waals surface area contributed by atoms with Crippen LogP contribution in [0.5, 0.6) is 5.75 Å². The molecule has 0 fully saturated rings. The van der Waals surface area contributed by atoms with Crippen LogP contribution in [0.25, 0.3) is 0 Å². The number of aromatic hydroxyl groups is 1. The smallest absolute Gasteiger partial charge is 0.115 e. The lowest BCUT2D eigenvalue weighted by Gasteiger charge is -2.01. The summed E-state index contributed by atoms with van der Waals surface area (Å²) < 4.78 is 0. The highest BCUT2D eigenvalue weighted by Gasteiger charge is 1.94. The quantitative estimate of drug-likeness (QED) is 0.423. The number of hydrogen-bond acceptors (Lipinski definition) is 2. The normalized spacial score (nSPS) is 10.1. The molecular weight excluding hydrogens is 204 g/mol. The first-order chi connectivity index (χ1) is 7.33. The molecule has 0 amide bonds. The third-order valence-corrected chi connectivity index (χ3v) is 3.26. The van der Waals surface area contributed by atoms with Crippen molar-refractivity contribution < 1.29 is 5.11 Å². The van der Waals surface area contributed by atoms with E-state index in [1.165, 1.54) is 24.2 Å². The van der Waals surface area contributed by atoms with Crippen molar-refractivity contribution in [3.63, 3.8) is 0 Å². The van der Waals surface area contributed by atoms with Gasteiger partial charge in [0.2, 0.25) is 0 Å². The molecule has 1 aromatic carbocycles. The molecule has 0 saturated carbocycles. The molecule has 0 radical (unpaired) electrons. The van der Waals surface area contributed by atoms with Gasteiger partial charge in [0.25, 0.3) is 0 Å². The first kappa shape index (κ1) is 12.2. The van der Waals surface area contributed by atoms with Gasteiger partial charge in [0.1, 0.15) is 5.75 Å². The number of unbranched alkanes of at least 4 members (excludes halogenated alkanes) is 3. The molecule has 0 aliphatic heterocycles. The number of phenols is 1. The Kier molecular flexibility index (Phi) is 6.02. The second-order valence-electron chi connectivity index (χ2n) is 3.48. The van der Waals surface area contributed by atoms with Crippen molar-refractivity contribution in [1.29, 1.82) is 0 Å². The van der Waals surface area contributed by atoms with Gasteiger partial charge in [0, 0.05) is 4.90 Å². The minimum Gasteiger partial charge on any atom is -0.508 e. The minimum absolute atomic E-state index is 0.338. The van der Waals surface area contributed by atoms with Crippen LogP contribution >= 0.6 is 11.8 Å². The van der Waals surface area contributed by atoms with E-state index in [0.717, 1.165) is 12.2 Å². The minimum atomic E-state index is 0.338. The Morgan fingerprint density at radius 3 is 2.53 bits per heavy atom. The SMILES string of the molecule is C=CCCCCCSc1ccc(O)cc1. The van der Waals surface area contributed by atoms with Gasteiger partial charge in [0.15, 0.2) is 0 Å². The number of phenolic OH excluding ortho intramolecular Hbond substituents is 1. The summed E-state index contributed by atoms with van der Waals surface area (Å²) in [6.45, 7) is 3.71. The topological polar surface area (TPSA) is 20.2 Å². The molecular formula is C13H18OS. The van der Waals surface area contributed by atoms with E-state index >= 15 is 0 Å². The Hall–Kier alpha value is -0.890. The lowest BCUT2D eigenvalue weighted by atomic mass is 10.2. The van der Waals surface area contributed by atoms with E-state index in [-0.39, 0.29) is 0 Å². The Labute approximate surface area is 96.2 Å². The molecule has 0 spiro atoms. The molecule has 82 valence electrons. The van der Waals surface area contributed by atoms with Gasteiger partial charge in [-0.15, -0.1) is 18.3 Å². The van der Waals surface area contributed by atoms with Gasteiger partial charge in [-0.25, -0.2) is 0 Å². The van der Waals surface area contributed by atoms with Crippen LogP contribution in [0.1, 0.15) is 25.7 Å². The summed E-state index contributed by atoms with van der Waals surface area (Å²) in [7, 11) is 0. The lowest BCUT2D eigenvalue weighted by molar-refractivity contribution is 0.475. The maximum absolute atomic E-state index is 9.11. The molecule has 0 aromatic heterocycles. The maximum Gasteiger partial charge on any atom is 0.115 e. The van der Waals surface area contributed by atoms with E-state index in [1.807, 2.05) is 30.0 Å². The van der Waals surface area contributed by atoms with E-state index in [2.05, 4.69) is 6.58 Å². The van der Waals surface area contributed by atoms with Crippen molar-refractivity contribution in [3.8, 4) is 5.75 Å². The van der Waals surface area contributed by atoms with Gasteiger partial charge in [-0.1, -0.05) is 12.5 Å². The van der Waals surface area contributed by atoms with Crippen LogP contribution in [0.3, 0.4) is 0 Å². The van der Waals surface area contributed by atoms with Crippen molar-refractivity contribution >= 4 is 11.8 Å². The standard InChI is InChI=1S/C13H18OS/c1-2-3-4-5-6-11-15-13-9-7-12(14)8-10-13/h2,7-10,14H,1,3-6,11H2. The molecule has 0 aliphatic rings. The highest BCUT2D eigenvalue weighted by Crippen LogP contribution is 2.21. The molecule has 0 heterocycles. The van der Waals surface area contributed by atoms with E-state index in [0.29, 0.717) is 5.75 Å². The molecule has 1 rings (SSSR count). The largest absolute Gasteiger partial charge is 0.508 e. The van der Waals surface area contributed by atoms with E-state index in [1.54, 1.807) is 12.1 Å². The molecule has 0 unspecified atom stereocenters. The molecule has 1 nitrogen and oxygen atoms in total. The van der Waals surface area contributed by atoms with E-state index < -0.39 is 0 Å². The zero-order chi connectivity index (χ0) is 10.9. The summed E-state index contributed by atoms with van der Waals surface area (Å²) in [5.41, 5.74) is 0. The van der Waals surface area contributed by atoms with Gasteiger partial charge in [0.05, 0.1) is 0 Å². The summed E-state index contributed by atoms with van der Waals surface area (Å²) >= 11 is 1.85. The lowest BCUT2D eigenvalue weighted by Crippen LogP contribution is -1.81. The van der Waals surface area contributed by atoms with Crippen molar-refractivity contribution in [2.24, 2.45) is 0 Å². The molecule has 0 aliphatic carbocycles. The van der Waals surface area contributed by atoms with Gasteiger partial charge in [-0.05, 0) is 49.3 Å². The van der Waals surface area contributed by atoms with Gasteiger partial charge < -0.3 is 5.11 Å². The second-order valence-corrected chi connectivity index (χ2v) is 4.65. The summed E-state index contributed by atoms with van der Waals surface area (Å²) in [5, 5.41) is 9.11. The van der Waals surface area contributed by atoms with Gasteiger partial charge in [-0.2, -0.15) is 0 Å². The van der Waals surface area contributed by atoms with Crippen LogP contribution in [-0.2, 0) is 0 Å². The number of allylic oxidation sites excluding steroid dienone is 1. The van der Waals surface area contributed by atoms with Gasteiger partial charge >= 0.3 is 0 Å². The monoisotopic (exact) mass is 222 g/mol. The summed E-state index contributed by atoms with van der Waals surface area (Å²) in [6.07, 6.45) is 6.88. The molecule has 1 aromatic rings. The fourth-order valence-electron chi connectivity index (χ4n) is 1.30. The molecule has 1 N–H and O–H groups in total.